The molecule has 1 saturated heterocycles. The fourth-order valence-electron chi connectivity index (χ4n) is 4.38. The molecule has 4 heterocycles. The molecule has 160 valence electrons. The van der Waals surface area contributed by atoms with Crippen LogP contribution >= 0.6 is 0 Å². The van der Waals surface area contributed by atoms with E-state index in [2.05, 4.69) is 66.4 Å². The van der Waals surface area contributed by atoms with Gasteiger partial charge in [-0.25, -0.2) is 4.98 Å². The first kappa shape index (κ1) is 18.9. The molecule has 9 nitrogen and oxygen atoms in total. The average Bonchev–Trinajstić information content (AvgIpc) is 3.27. The Kier molecular flexibility index (Phi) is 4.73. The predicted molar refractivity (Wildman–Crippen MR) is 122 cm³/mol. The van der Waals surface area contributed by atoms with Gasteiger partial charge in [-0.05, 0) is 41.0 Å². The summed E-state index contributed by atoms with van der Waals surface area (Å²) in [7, 11) is 0. The van der Waals surface area contributed by atoms with E-state index in [-0.39, 0.29) is 0 Å². The summed E-state index contributed by atoms with van der Waals surface area (Å²) in [6.07, 6.45) is 3.90. The number of hydrogen-bond acceptors (Lipinski definition) is 8. The third-order valence-electron chi connectivity index (χ3n) is 6.05. The van der Waals surface area contributed by atoms with Crippen molar-refractivity contribution < 1.29 is 0 Å². The van der Waals surface area contributed by atoms with E-state index in [4.69, 9.17) is 4.98 Å². The number of hydrogen-bond donors (Lipinski definition) is 2. The van der Waals surface area contributed by atoms with Gasteiger partial charge in [0, 0.05) is 31.9 Å². The van der Waals surface area contributed by atoms with Crippen LogP contribution in [0.25, 0.3) is 17.1 Å². The second-order valence-electron chi connectivity index (χ2n) is 8.19. The quantitative estimate of drug-likeness (QED) is 0.453. The highest BCUT2D eigenvalue weighted by Gasteiger charge is 2.24. The molecule has 0 amide bonds. The van der Waals surface area contributed by atoms with E-state index >= 15 is 0 Å². The van der Waals surface area contributed by atoms with Gasteiger partial charge in [0.05, 0.1) is 16.9 Å². The number of aromatic nitrogens is 6. The minimum absolute atomic E-state index is 0.350. The summed E-state index contributed by atoms with van der Waals surface area (Å²) in [6.45, 7) is 3.11. The van der Waals surface area contributed by atoms with Crippen LogP contribution in [0, 0.1) is 0 Å². The van der Waals surface area contributed by atoms with E-state index in [1.165, 1.54) is 5.56 Å². The van der Waals surface area contributed by atoms with Crippen LogP contribution < -0.4 is 10.6 Å². The van der Waals surface area contributed by atoms with Crippen LogP contribution in [0.1, 0.15) is 18.4 Å². The predicted octanol–water partition coefficient (Wildman–Crippen LogP) is 3.25. The van der Waals surface area contributed by atoms with Gasteiger partial charge in [0.15, 0.2) is 5.82 Å². The molecule has 0 radical (unpaired) electrons. The zero-order valence-electron chi connectivity index (χ0n) is 17.5. The van der Waals surface area contributed by atoms with Crippen molar-refractivity contribution in [3.63, 3.8) is 0 Å². The van der Waals surface area contributed by atoms with Gasteiger partial charge in [0.2, 0.25) is 5.95 Å². The molecule has 2 aromatic carbocycles. The van der Waals surface area contributed by atoms with Crippen molar-refractivity contribution in [2.75, 3.05) is 23.7 Å². The number of rotatable bonds is 4. The summed E-state index contributed by atoms with van der Waals surface area (Å²) in [5, 5.41) is 19.2. The second kappa shape index (κ2) is 8.01. The number of fused-ring (bicyclic) bond motifs is 5. The Hall–Kier alpha value is -3.85. The van der Waals surface area contributed by atoms with Crippen LogP contribution in [-0.2, 0) is 6.54 Å². The van der Waals surface area contributed by atoms with Crippen molar-refractivity contribution in [3.05, 3.63) is 66.4 Å². The van der Waals surface area contributed by atoms with Crippen molar-refractivity contribution >= 4 is 17.5 Å². The molecule has 0 spiro atoms. The average molecular weight is 426 g/mol. The van der Waals surface area contributed by atoms with Gasteiger partial charge in [-0.15, -0.1) is 5.10 Å². The molecule has 0 atom stereocenters. The Labute approximate surface area is 185 Å². The summed E-state index contributed by atoms with van der Waals surface area (Å²) in [5.41, 5.74) is 3.92. The standard InChI is InChI=1S/C23H23N9/c1-2-6-16(7-3-1)15-31-12-10-17(11-13-31)25-23-24-14-18-21(27-23)26-19-8-4-5-9-20(19)32-22(18)28-29-30-32/h1-9,14,17H,10-13,15H2,(H2,24,25,26,27). The molecule has 32 heavy (non-hydrogen) atoms. The Morgan fingerprint density at radius 1 is 1.00 bits per heavy atom. The SMILES string of the molecule is c1ccc(CN2CCC(Nc3ncc4c(n3)Nc3ccccc3-n3nnnc3-4)CC2)cc1. The highest BCUT2D eigenvalue weighted by atomic mass is 15.5. The van der Waals surface area contributed by atoms with Crippen LogP contribution in [0.15, 0.2) is 60.8 Å². The van der Waals surface area contributed by atoms with Crippen LogP contribution in [0.5, 0.6) is 0 Å². The van der Waals surface area contributed by atoms with Crippen molar-refractivity contribution in [2.24, 2.45) is 0 Å². The van der Waals surface area contributed by atoms with Gasteiger partial charge in [-0.3, -0.25) is 4.90 Å². The van der Waals surface area contributed by atoms with Crippen LogP contribution in [0.3, 0.4) is 0 Å². The maximum absolute atomic E-state index is 4.78. The lowest BCUT2D eigenvalue weighted by molar-refractivity contribution is 0.211. The fourth-order valence-corrected chi connectivity index (χ4v) is 4.38. The minimum atomic E-state index is 0.350. The Bertz CT molecular complexity index is 1230. The molecule has 2 aliphatic heterocycles. The monoisotopic (exact) mass is 425 g/mol. The molecular formula is C23H23N9. The molecule has 6 rings (SSSR count). The van der Waals surface area contributed by atoms with Crippen molar-refractivity contribution in [3.8, 4) is 17.1 Å². The summed E-state index contributed by atoms with van der Waals surface area (Å²) in [4.78, 5) is 11.9. The topological polar surface area (TPSA) is 96.7 Å². The maximum atomic E-state index is 4.78. The van der Waals surface area contributed by atoms with Crippen LogP contribution in [0.4, 0.5) is 17.5 Å². The highest BCUT2D eigenvalue weighted by molar-refractivity contribution is 5.81. The van der Waals surface area contributed by atoms with E-state index < -0.39 is 0 Å². The largest absolute Gasteiger partial charge is 0.351 e. The highest BCUT2D eigenvalue weighted by Crippen LogP contribution is 2.35. The van der Waals surface area contributed by atoms with Gasteiger partial charge in [-0.2, -0.15) is 9.67 Å². The first-order valence-corrected chi connectivity index (χ1v) is 10.9. The molecule has 0 bridgehead atoms. The number of nitrogens with one attached hydrogen (secondary N) is 2. The molecule has 2 aliphatic rings. The number of nitrogens with zero attached hydrogens (tertiary/aromatic N) is 7. The first-order chi connectivity index (χ1) is 15.8. The lowest BCUT2D eigenvalue weighted by atomic mass is 10.0. The van der Waals surface area contributed by atoms with E-state index in [1.807, 2.05) is 24.3 Å². The number of tetrazole rings is 1. The van der Waals surface area contributed by atoms with Gasteiger partial charge < -0.3 is 10.6 Å². The third kappa shape index (κ3) is 3.56. The lowest BCUT2D eigenvalue weighted by Gasteiger charge is -2.32. The first-order valence-electron chi connectivity index (χ1n) is 10.9. The fraction of sp³-hybridized carbons (Fsp3) is 0.261. The number of anilines is 3. The molecule has 2 N–H and O–H groups in total. The Morgan fingerprint density at radius 3 is 2.69 bits per heavy atom. The zero-order valence-corrected chi connectivity index (χ0v) is 17.5. The molecule has 0 aliphatic carbocycles. The summed E-state index contributed by atoms with van der Waals surface area (Å²) >= 11 is 0. The molecular weight excluding hydrogens is 402 g/mol. The summed E-state index contributed by atoms with van der Waals surface area (Å²) in [6, 6.07) is 18.9. The van der Waals surface area contributed by atoms with Crippen molar-refractivity contribution in [2.45, 2.75) is 25.4 Å². The normalized spacial score (nSPS) is 15.8. The van der Waals surface area contributed by atoms with Crippen molar-refractivity contribution in [1.29, 1.82) is 0 Å². The van der Waals surface area contributed by atoms with Gasteiger partial charge in [-0.1, -0.05) is 42.5 Å². The molecule has 0 unspecified atom stereocenters. The molecule has 2 aromatic heterocycles. The summed E-state index contributed by atoms with van der Waals surface area (Å²) < 4.78 is 1.72. The lowest BCUT2D eigenvalue weighted by Crippen LogP contribution is -2.39. The van der Waals surface area contributed by atoms with Crippen LogP contribution in [0.2, 0.25) is 0 Å². The molecule has 0 saturated carbocycles. The number of benzene rings is 2. The number of para-hydroxylation sites is 2. The smallest absolute Gasteiger partial charge is 0.224 e. The third-order valence-corrected chi connectivity index (χ3v) is 6.05. The van der Waals surface area contributed by atoms with Gasteiger partial charge in [0.25, 0.3) is 0 Å². The molecule has 1 fully saturated rings. The number of piperidine rings is 1. The van der Waals surface area contributed by atoms with Crippen molar-refractivity contribution in [1.82, 2.24) is 35.1 Å². The number of likely N-dealkylation sites (tertiary alicyclic amines) is 1. The van der Waals surface area contributed by atoms with E-state index in [9.17, 15) is 0 Å². The van der Waals surface area contributed by atoms with Gasteiger partial charge in [0.1, 0.15) is 5.82 Å². The maximum Gasteiger partial charge on any atom is 0.224 e. The van der Waals surface area contributed by atoms with Gasteiger partial charge >= 0.3 is 0 Å². The summed E-state index contributed by atoms with van der Waals surface area (Å²) in [5.74, 6) is 1.94. The molecule has 9 heteroatoms. The molecule has 4 aromatic rings. The Morgan fingerprint density at radius 2 is 1.81 bits per heavy atom. The van der Waals surface area contributed by atoms with Crippen LogP contribution in [-0.4, -0.2) is 54.2 Å². The van der Waals surface area contributed by atoms with E-state index in [1.54, 1.807) is 10.9 Å². The second-order valence-corrected chi connectivity index (χ2v) is 8.19. The van der Waals surface area contributed by atoms with E-state index in [0.29, 0.717) is 23.6 Å². The Balaban J connectivity index is 1.18. The zero-order chi connectivity index (χ0) is 21.3. The minimum Gasteiger partial charge on any atom is -0.351 e. The van der Waals surface area contributed by atoms with E-state index in [0.717, 1.165) is 49.4 Å².